The summed E-state index contributed by atoms with van der Waals surface area (Å²) in [5, 5.41) is 0. The number of carbonyl (C=O) groups excluding carboxylic acids is 1. The smallest absolute Gasteiger partial charge is 0.197 e. The van der Waals surface area contributed by atoms with Gasteiger partial charge in [0, 0.05) is 14.5 Å². The van der Waals surface area contributed by atoms with Gasteiger partial charge in [0.1, 0.15) is 5.75 Å². The summed E-state index contributed by atoms with van der Waals surface area (Å²) >= 11 is 6.82. The molecule has 4 heteroatoms. The number of rotatable bonds is 4. The zero-order valence-corrected chi connectivity index (χ0v) is 14.4. The summed E-state index contributed by atoms with van der Waals surface area (Å²) in [6, 6.07) is 11.2. The molecule has 0 atom stereocenters. The van der Waals surface area contributed by atoms with E-state index in [1.54, 1.807) is 6.07 Å². The first-order valence-electron chi connectivity index (χ1n) is 6.26. The molecule has 0 saturated heterocycles. The molecule has 2 aromatic rings. The maximum absolute atomic E-state index is 12.7. The summed E-state index contributed by atoms with van der Waals surface area (Å²) in [4.78, 5) is 12.7. The minimum atomic E-state index is -0.0449. The average molecular weight is 398 g/mol. The van der Waals surface area contributed by atoms with Crippen molar-refractivity contribution >= 4 is 37.6 Å². The minimum Gasteiger partial charge on any atom is -0.493 e. The van der Waals surface area contributed by atoms with Crippen molar-refractivity contribution in [3.8, 4) is 5.75 Å². The van der Waals surface area contributed by atoms with Gasteiger partial charge in [-0.15, -0.1) is 0 Å². The molecule has 0 fully saturated rings. The molecular formula is C16H14Br2O2. The van der Waals surface area contributed by atoms with Gasteiger partial charge in [0.05, 0.1) is 12.2 Å². The molecule has 0 aromatic heterocycles. The van der Waals surface area contributed by atoms with E-state index in [9.17, 15) is 4.79 Å². The van der Waals surface area contributed by atoms with Crippen LogP contribution >= 0.6 is 31.9 Å². The molecule has 20 heavy (non-hydrogen) atoms. The van der Waals surface area contributed by atoms with Crippen molar-refractivity contribution in [1.82, 2.24) is 0 Å². The lowest BCUT2D eigenvalue weighted by atomic mass is 10.0. The second kappa shape index (κ2) is 6.55. The molecule has 0 saturated carbocycles. The third kappa shape index (κ3) is 3.30. The standard InChI is InChI=1S/C16H14Br2O2/c1-3-20-15-7-4-10(2)8-13(15)16(19)12-6-5-11(17)9-14(12)18/h4-9H,3H2,1-2H3. The highest BCUT2D eigenvalue weighted by Crippen LogP contribution is 2.28. The molecule has 0 heterocycles. The maximum atomic E-state index is 12.7. The Morgan fingerprint density at radius 1 is 1.10 bits per heavy atom. The van der Waals surface area contributed by atoms with Crippen LogP contribution in [0.15, 0.2) is 45.3 Å². The molecule has 0 amide bonds. The van der Waals surface area contributed by atoms with Gasteiger partial charge in [0.25, 0.3) is 0 Å². The highest BCUT2D eigenvalue weighted by molar-refractivity contribution is 9.11. The normalized spacial score (nSPS) is 10.4. The molecule has 0 aliphatic heterocycles. The Bertz CT molecular complexity index is 651. The van der Waals surface area contributed by atoms with Crippen molar-refractivity contribution in [2.24, 2.45) is 0 Å². The first kappa shape index (κ1) is 15.3. The van der Waals surface area contributed by atoms with E-state index in [4.69, 9.17) is 4.74 Å². The highest BCUT2D eigenvalue weighted by atomic mass is 79.9. The second-order valence-electron chi connectivity index (χ2n) is 4.39. The van der Waals surface area contributed by atoms with Gasteiger partial charge in [-0.3, -0.25) is 4.79 Å². The van der Waals surface area contributed by atoms with E-state index < -0.39 is 0 Å². The first-order valence-corrected chi connectivity index (χ1v) is 7.84. The van der Waals surface area contributed by atoms with Crippen LogP contribution in [0.2, 0.25) is 0 Å². The monoisotopic (exact) mass is 396 g/mol. The quantitative estimate of drug-likeness (QED) is 0.667. The molecular weight excluding hydrogens is 384 g/mol. The Morgan fingerprint density at radius 3 is 2.50 bits per heavy atom. The zero-order chi connectivity index (χ0) is 14.7. The summed E-state index contributed by atoms with van der Waals surface area (Å²) in [5.74, 6) is 0.578. The molecule has 0 N–H and O–H groups in total. The van der Waals surface area contributed by atoms with Crippen LogP contribution < -0.4 is 4.74 Å². The molecule has 0 radical (unpaired) electrons. The van der Waals surface area contributed by atoms with E-state index in [1.165, 1.54) is 0 Å². The Balaban J connectivity index is 2.49. The van der Waals surface area contributed by atoms with Crippen molar-refractivity contribution in [3.05, 3.63) is 62.0 Å². The van der Waals surface area contributed by atoms with Gasteiger partial charge in [0.2, 0.25) is 0 Å². The van der Waals surface area contributed by atoms with Crippen LogP contribution in [0, 0.1) is 6.92 Å². The molecule has 0 bridgehead atoms. The predicted octanol–water partition coefficient (Wildman–Crippen LogP) is 5.15. The Hall–Kier alpha value is -1.13. The van der Waals surface area contributed by atoms with Gasteiger partial charge in [-0.1, -0.05) is 27.6 Å². The summed E-state index contributed by atoms with van der Waals surface area (Å²) in [5.41, 5.74) is 2.25. The largest absolute Gasteiger partial charge is 0.493 e. The SMILES string of the molecule is CCOc1ccc(C)cc1C(=O)c1ccc(Br)cc1Br. The van der Waals surface area contributed by atoms with Gasteiger partial charge in [-0.25, -0.2) is 0 Å². The summed E-state index contributed by atoms with van der Waals surface area (Å²) in [6.07, 6.45) is 0. The van der Waals surface area contributed by atoms with Gasteiger partial charge in [-0.05, 0) is 60.1 Å². The fraction of sp³-hybridized carbons (Fsp3) is 0.188. The Labute approximate surface area is 135 Å². The first-order chi connectivity index (χ1) is 9.52. The average Bonchev–Trinajstić information content (AvgIpc) is 2.40. The Kier molecular flexibility index (Phi) is 5.00. The number of ketones is 1. The van der Waals surface area contributed by atoms with Crippen LogP contribution in [0.4, 0.5) is 0 Å². The van der Waals surface area contributed by atoms with E-state index in [1.807, 2.05) is 44.2 Å². The van der Waals surface area contributed by atoms with Crippen LogP contribution in [-0.2, 0) is 0 Å². The summed E-state index contributed by atoms with van der Waals surface area (Å²) in [7, 11) is 0. The number of ether oxygens (including phenoxy) is 1. The summed E-state index contributed by atoms with van der Waals surface area (Å²) < 4.78 is 7.24. The van der Waals surface area contributed by atoms with Crippen LogP contribution in [0.1, 0.15) is 28.4 Å². The van der Waals surface area contributed by atoms with Crippen LogP contribution in [0.3, 0.4) is 0 Å². The van der Waals surface area contributed by atoms with Gasteiger partial charge in [-0.2, -0.15) is 0 Å². The van der Waals surface area contributed by atoms with Gasteiger partial charge < -0.3 is 4.74 Å². The van der Waals surface area contributed by atoms with Crippen molar-refractivity contribution in [1.29, 1.82) is 0 Å². The van der Waals surface area contributed by atoms with Crippen molar-refractivity contribution in [2.45, 2.75) is 13.8 Å². The van der Waals surface area contributed by atoms with Gasteiger partial charge in [0.15, 0.2) is 5.78 Å². The topological polar surface area (TPSA) is 26.3 Å². The number of hydrogen-bond acceptors (Lipinski definition) is 2. The van der Waals surface area contributed by atoms with Gasteiger partial charge >= 0.3 is 0 Å². The molecule has 0 spiro atoms. The Morgan fingerprint density at radius 2 is 1.85 bits per heavy atom. The van der Waals surface area contributed by atoms with Crippen LogP contribution in [0.5, 0.6) is 5.75 Å². The number of benzene rings is 2. The predicted molar refractivity (Wildman–Crippen MR) is 87.6 cm³/mol. The lowest BCUT2D eigenvalue weighted by Crippen LogP contribution is -2.06. The third-order valence-electron chi connectivity index (χ3n) is 2.86. The molecule has 0 unspecified atom stereocenters. The van der Waals surface area contributed by atoms with Crippen LogP contribution in [0.25, 0.3) is 0 Å². The number of aryl methyl sites for hydroxylation is 1. The lowest BCUT2D eigenvalue weighted by Gasteiger charge is -2.11. The van der Waals surface area contributed by atoms with E-state index in [2.05, 4.69) is 31.9 Å². The van der Waals surface area contributed by atoms with Crippen molar-refractivity contribution in [2.75, 3.05) is 6.61 Å². The van der Waals surface area contributed by atoms with Crippen molar-refractivity contribution < 1.29 is 9.53 Å². The van der Waals surface area contributed by atoms with E-state index in [0.717, 1.165) is 14.5 Å². The molecule has 104 valence electrons. The van der Waals surface area contributed by atoms with E-state index >= 15 is 0 Å². The molecule has 0 aliphatic rings. The number of hydrogen-bond donors (Lipinski definition) is 0. The second-order valence-corrected chi connectivity index (χ2v) is 6.16. The highest BCUT2D eigenvalue weighted by Gasteiger charge is 2.17. The fourth-order valence-corrected chi connectivity index (χ4v) is 3.15. The molecule has 2 aromatic carbocycles. The summed E-state index contributed by atoms with van der Waals surface area (Å²) in [6.45, 7) is 4.40. The zero-order valence-electron chi connectivity index (χ0n) is 11.2. The molecule has 2 nitrogen and oxygen atoms in total. The maximum Gasteiger partial charge on any atom is 0.197 e. The van der Waals surface area contributed by atoms with Crippen molar-refractivity contribution in [3.63, 3.8) is 0 Å². The lowest BCUT2D eigenvalue weighted by molar-refractivity contribution is 0.103. The number of carbonyl (C=O) groups is 1. The fourth-order valence-electron chi connectivity index (χ4n) is 1.92. The number of halogens is 2. The molecule has 0 aliphatic carbocycles. The van der Waals surface area contributed by atoms with E-state index in [-0.39, 0.29) is 5.78 Å². The van der Waals surface area contributed by atoms with E-state index in [0.29, 0.717) is 23.5 Å². The molecule has 2 rings (SSSR count). The minimum absolute atomic E-state index is 0.0449. The van der Waals surface area contributed by atoms with Crippen LogP contribution in [-0.4, -0.2) is 12.4 Å². The third-order valence-corrected chi connectivity index (χ3v) is 4.00.